The topological polar surface area (TPSA) is 27.1 Å². The van der Waals surface area contributed by atoms with Crippen LogP contribution >= 0.6 is 0 Å². The highest BCUT2D eigenvalue weighted by Crippen LogP contribution is 2.30. The van der Waals surface area contributed by atoms with Gasteiger partial charge in [0.05, 0.1) is 18.6 Å². The molecule has 1 aliphatic carbocycles. The zero-order valence-electron chi connectivity index (χ0n) is 11.9. The highest BCUT2D eigenvalue weighted by atomic mass is 16.5. The van der Waals surface area contributed by atoms with Crippen LogP contribution in [-0.2, 0) is 25.8 Å². The summed E-state index contributed by atoms with van der Waals surface area (Å²) in [6.45, 7) is 3.07. The fraction of sp³-hybridized carbons (Fsp3) is 0.471. The number of imidazole rings is 1. The quantitative estimate of drug-likeness (QED) is 0.837. The number of fused-ring (bicyclic) bond motifs is 2. The molecule has 1 aromatic carbocycles. The van der Waals surface area contributed by atoms with Crippen molar-refractivity contribution in [1.29, 1.82) is 0 Å². The van der Waals surface area contributed by atoms with Crippen LogP contribution in [0.3, 0.4) is 0 Å². The van der Waals surface area contributed by atoms with Gasteiger partial charge in [-0.15, -0.1) is 0 Å². The van der Waals surface area contributed by atoms with E-state index in [1.807, 2.05) is 6.33 Å². The predicted octanol–water partition coefficient (Wildman–Crippen LogP) is 3.07. The molecule has 1 aliphatic heterocycles. The molecule has 0 fully saturated rings. The van der Waals surface area contributed by atoms with Gasteiger partial charge < -0.3 is 9.30 Å². The van der Waals surface area contributed by atoms with Gasteiger partial charge in [0.15, 0.2) is 0 Å². The monoisotopic (exact) mass is 268 g/mol. The van der Waals surface area contributed by atoms with E-state index < -0.39 is 0 Å². The molecule has 4 rings (SSSR count). The highest BCUT2D eigenvalue weighted by molar-refractivity contribution is 5.40. The normalized spacial score (nSPS) is 20.4. The van der Waals surface area contributed by atoms with Crippen LogP contribution in [0.15, 0.2) is 24.5 Å². The van der Waals surface area contributed by atoms with Gasteiger partial charge in [-0.1, -0.05) is 17.7 Å². The minimum atomic E-state index is 0.257. The molecule has 1 aromatic heterocycles. The van der Waals surface area contributed by atoms with Crippen LogP contribution in [0.1, 0.15) is 35.4 Å². The Morgan fingerprint density at radius 1 is 1.30 bits per heavy atom. The van der Waals surface area contributed by atoms with E-state index in [1.165, 1.54) is 41.8 Å². The van der Waals surface area contributed by atoms with Gasteiger partial charge in [0.2, 0.25) is 0 Å². The summed E-state index contributed by atoms with van der Waals surface area (Å²) >= 11 is 0. The van der Waals surface area contributed by atoms with E-state index >= 15 is 0 Å². The second-order valence-corrected chi connectivity index (χ2v) is 6.05. The highest BCUT2D eigenvalue weighted by Gasteiger charge is 2.25. The predicted molar refractivity (Wildman–Crippen MR) is 78.2 cm³/mol. The van der Waals surface area contributed by atoms with Crippen LogP contribution in [0.4, 0.5) is 0 Å². The van der Waals surface area contributed by atoms with Crippen molar-refractivity contribution in [3.63, 3.8) is 0 Å². The first-order chi connectivity index (χ1) is 9.79. The number of hydrogen-bond acceptors (Lipinski definition) is 2. The van der Waals surface area contributed by atoms with E-state index in [9.17, 15) is 0 Å². The van der Waals surface area contributed by atoms with Gasteiger partial charge in [0.1, 0.15) is 11.9 Å². The Hall–Kier alpha value is -1.77. The maximum atomic E-state index is 6.08. The van der Waals surface area contributed by atoms with Crippen molar-refractivity contribution >= 4 is 0 Å². The molecule has 0 saturated carbocycles. The third-order valence-corrected chi connectivity index (χ3v) is 4.47. The maximum Gasteiger partial charge on any atom is 0.123 e. The van der Waals surface area contributed by atoms with Crippen molar-refractivity contribution in [2.75, 3.05) is 0 Å². The summed E-state index contributed by atoms with van der Waals surface area (Å²) in [7, 11) is 0. The van der Waals surface area contributed by atoms with E-state index in [0.717, 1.165) is 25.1 Å². The smallest absolute Gasteiger partial charge is 0.123 e. The second-order valence-electron chi connectivity index (χ2n) is 6.05. The van der Waals surface area contributed by atoms with Crippen molar-refractivity contribution in [2.24, 2.45) is 0 Å². The summed E-state index contributed by atoms with van der Waals surface area (Å²) in [6.07, 6.45) is 8.18. The third-order valence-electron chi connectivity index (χ3n) is 4.47. The number of ether oxygens (including phenoxy) is 1. The summed E-state index contributed by atoms with van der Waals surface area (Å²) in [5.41, 5.74) is 5.41. The number of rotatable bonds is 2. The summed E-state index contributed by atoms with van der Waals surface area (Å²) in [5, 5.41) is 0. The molecule has 2 heterocycles. The number of hydrogen-bond donors (Lipinski definition) is 0. The van der Waals surface area contributed by atoms with Crippen LogP contribution in [0.25, 0.3) is 0 Å². The Kier molecular flexibility index (Phi) is 2.79. The molecule has 2 aromatic rings. The van der Waals surface area contributed by atoms with Crippen molar-refractivity contribution < 1.29 is 4.74 Å². The Balaban J connectivity index is 1.53. The summed E-state index contributed by atoms with van der Waals surface area (Å²) in [6, 6.07) is 6.48. The SMILES string of the molecule is Cc1ccc2c(c1)CC(Cn1cnc3c1CCCC3)O2. The first kappa shape index (κ1) is 12.0. The lowest BCUT2D eigenvalue weighted by atomic mass is 10.0. The fourth-order valence-corrected chi connectivity index (χ4v) is 3.46. The molecule has 0 saturated heterocycles. The molecule has 0 bridgehead atoms. The van der Waals surface area contributed by atoms with E-state index in [4.69, 9.17) is 4.74 Å². The minimum absolute atomic E-state index is 0.257. The molecule has 20 heavy (non-hydrogen) atoms. The van der Waals surface area contributed by atoms with Gasteiger partial charge in [-0.25, -0.2) is 4.98 Å². The van der Waals surface area contributed by atoms with Crippen molar-refractivity contribution in [3.8, 4) is 5.75 Å². The molecule has 0 radical (unpaired) electrons. The molecular weight excluding hydrogens is 248 g/mol. The largest absolute Gasteiger partial charge is 0.488 e. The van der Waals surface area contributed by atoms with Gasteiger partial charge in [-0.2, -0.15) is 0 Å². The Labute approximate surface area is 119 Å². The maximum absolute atomic E-state index is 6.08. The van der Waals surface area contributed by atoms with Gasteiger partial charge in [-0.05, 0) is 44.2 Å². The average Bonchev–Trinajstić information content (AvgIpc) is 3.03. The van der Waals surface area contributed by atoms with Crippen molar-refractivity contribution in [1.82, 2.24) is 9.55 Å². The second kappa shape index (κ2) is 4.65. The van der Waals surface area contributed by atoms with E-state index in [2.05, 4.69) is 34.7 Å². The molecule has 0 amide bonds. The molecule has 0 N–H and O–H groups in total. The zero-order chi connectivity index (χ0) is 13.5. The number of aromatic nitrogens is 2. The van der Waals surface area contributed by atoms with Crippen LogP contribution in [0.5, 0.6) is 5.75 Å². The first-order valence-electron chi connectivity index (χ1n) is 7.58. The van der Waals surface area contributed by atoms with Gasteiger partial charge in [0.25, 0.3) is 0 Å². The number of nitrogens with zero attached hydrogens (tertiary/aromatic N) is 2. The molecular formula is C17H20N2O. The Bertz CT molecular complexity index is 644. The molecule has 2 aliphatic rings. The average molecular weight is 268 g/mol. The van der Waals surface area contributed by atoms with E-state index in [-0.39, 0.29) is 6.10 Å². The van der Waals surface area contributed by atoms with Crippen LogP contribution < -0.4 is 4.74 Å². The van der Waals surface area contributed by atoms with Crippen LogP contribution in [0.2, 0.25) is 0 Å². The molecule has 3 nitrogen and oxygen atoms in total. The first-order valence-corrected chi connectivity index (χ1v) is 7.58. The fourth-order valence-electron chi connectivity index (χ4n) is 3.46. The Morgan fingerprint density at radius 3 is 3.15 bits per heavy atom. The summed E-state index contributed by atoms with van der Waals surface area (Å²) in [4.78, 5) is 4.57. The van der Waals surface area contributed by atoms with E-state index in [1.54, 1.807) is 0 Å². The van der Waals surface area contributed by atoms with Crippen molar-refractivity contribution in [2.45, 2.75) is 51.7 Å². The lowest BCUT2D eigenvalue weighted by Gasteiger charge is -2.17. The van der Waals surface area contributed by atoms with Gasteiger partial charge in [0, 0.05) is 12.1 Å². The standard InChI is InChI=1S/C17H20N2O/c1-12-6-7-17-13(8-12)9-14(20-17)10-19-11-18-15-4-2-3-5-16(15)19/h6-8,11,14H,2-5,9-10H2,1H3. The van der Waals surface area contributed by atoms with Crippen LogP contribution in [0, 0.1) is 6.92 Å². The zero-order valence-corrected chi connectivity index (χ0v) is 11.9. The van der Waals surface area contributed by atoms with Crippen LogP contribution in [-0.4, -0.2) is 15.7 Å². The third kappa shape index (κ3) is 2.01. The van der Waals surface area contributed by atoms with Gasteiger partial charge in [-0.3, -0.25) is 0 Å². The number of aryl methyl sites for hydroxylation is 2. The molecule has 1 unspecified atom stereocenters. The molecule has 1 atom stereocenters. The van der Waals surface area contributed by atoms with Gasteiger partial charge >= 0.3 is 0 Å². The molecule has 104 valence electrons. The lowest BCUT2D eigenvalue weighted by Crippen LogP contribution is -2.22. The summed E-state index contributed by atoms with van der Waals surface area (Å²) < 4.78 is 8.40. The Morgan fingerprint density at radius 2 is 2.20 bits per heavy atom. The molecule has 3 heteroatoms. The lowest BCUT2D eigenvalue weighted by molar-refractivity contribution is 0.207. The minimum Gasteiger partial charge on any atom is -0.488 e. The summed E-state index contributed by atoms with van der Waals surface area (Å²) in [5.74, 6) is 1.06. The number of benzene rings is 1. The molecule has 0 spiro atoms. The van der Waals surface area contributed by atoms with Crippen molar-refractivity contribution in [3.05, 3.63) is 47.0 Å². The van der Waals surface area contributed by atoms with E-state index in [0.29, 0.717) is 0 Å².